The molecule has 150 valence electrons. The first-order valence-electron chi connectivity index (χ1n) is 9.69. The number of halogens is 1. The molecule has 1 atom stereocenters. The maximum atomic E-state index is 14.8. The second-order valence-corrected chi connectivity index (χ2v) is 8.40. The summed E-state index contributed by atoms with van der Waals surface area (Å²) in [7, 11) is 1.97. The number of benzene rings is 2. The molecule has 3 rings (SSSR count). The fourth-order valence-electron chi connectivity index (χ4n) is 3.85. The number of hydrogen-bond acceptors (Lipinski definition) is 3. The van der Waals surface area contributed by atoms with Crippen LogP contribution < -0.4 is 10.2 Å². The van der Waals surface area contributed by atoms with Gasteiger partial charge in [-0.2, -0.15) is 5.26 Å². The van der Waals surface area contributed by atoms with E-state index in [9.17, 15) is 14.4 Å². The molecule has 1 heterocycles. The van der Waals surface area contributed by atoms with Gasteiger partial charge in [0.2, 0.25) is 0 Å². The zero-order valence-electron chi connectivity index (χ0n) is 17.5. The zero-order valence-corrected chi connectivity index (χ0v) is 17.5. The Kier molecular flexibility index (Phi) is 5.48. The van der Waals surface area contributed by atoms with Gasteiger partial charge in [-0.3, -0.25) is 4.79 Å². The van der Waals surface area contributed by atoms with Gasteiger partial charge < -0.3 is 10.2 Å². The Morgan fingerprint density at radius 1 is 1.31 bits per heavy atom. The van der Waals surface area contributed by atoms with Gasteiger partial charge in [-0.25, -0.2) is 4.39 Å². The van der Waals surface area contributed by atoms with Crippen molar-refractivity contribution in [2.45, 2.75) is 45.6 Å². The first-order valence-corrected chi connectivity index (χ1v) is 9.69. The van der Waals surface area contributed by atoms with E-state index in [0.717, 1.165) is 23.2 Å². The first kappa shape index (κ1) is 20.6. The van der Waals surface area contributed by atoms with Crippen LogP contribution >= 0.6 is 0 Å². The number of hydrogen-bond donors (Lipinski definition) is 1. The van der Waals surface area contributed by atoms with Crippen molar-refractivity contribution in [3.05, 3.63) is 64.5 Å². The van der Waals surface area contributed by atoms with Gasteiger partial charge in [-0.1, -0.05) is 24.6 Å². The molecule has 0 saturated heterocycles. The summed E-state index contributed by atoms with van der Waals surface area (Å²) >= 11 is 0. The highest BCUT2D eigenvalue weighted by atomic mass is 19.1. The van der Waals surface area contributed by atoms with Crippen molar-refractivity contribution in [1.29, 1.82) is 5.26 Å². The Hall–Kier alpha value is -3.13. The van der Waals surface area contributed by atoms with Crippen LogP contribution in [0, 0.1) is 24.1 Å². The van der Waals surface area contributed by atoms with Crippen molar-refractivity contribution in [1.82, 2.24) is 0 Å². The average Bonchev–Trinajstić information content (AvgIpc) is 2.66. The fraction of sp³-hybridized carbons (Fsp3) is 0.333. The predicted octanol–water partition coefficient (Wildman–Crippen LogP) is 5.40. The maximum Gasteiger partial charge on any atom is 0.266 e. The summed E-state index contributed by atoms with van der Waals surface area (Å²) in [5, 5.41) is 12.2. The normalized spacial score (nSPS) is 18.0. The maximum absolute atomic E-state index is 14.8. The molecule has 29 heavy (non-hydrogen) atoms. The SMILES string of the molecule is Cc1ccc(NC(=O)/C(C#N)=C/c2cc3c(cc2F)N(C)C(C)(C)CC3C)cc1. The van der Waals surface area contributed by atoms with E-state index in [2.05, 4.69) is 31.0 Å². The molecular formula is C24H26FN3O. The van der Waals surface area contributed by atoms with Crippen molar-refractivity contribution in [3.63, 3.8) is 0 Å². The Labute approximate surface area is 171 Å². The van der Waals surface area contributed by atoms with Crippen molar-refractivity contribution in [2.75, 3.05) is 17.3 Å². The van der Waals surface area contributed by atoms with Crippen LogP contribution in [0.1, 0.15) is 49.8 Å². The standard InChI is InChI=1S/C24H26FN3O/c1-15-6-8-19(9-7-15)27-23(29)18(14-26)10-17-11-20-16(2)13-24(3,4)28(5)22(20)12-21(17)25/h6-12,16H,13H2,1-5H3,(H,27,29)/b18-10+. The molecular weight excluding hydrogens is 365 g/mol. The van der Waals surface area contributed by atoms with Gasteiger partial charge in [0.05, 0.1) is 0 Å². The van der Waals surface area contributed by atoms with Gasteiger partial charge in [0.1, 0.15) is 17.5 Å². The van der Waals surface area contributed by atoms with Crippen molar-refractivity contribution < 1.29 is 9.18 Å². The Balaban J connectivity index is 1.94. The molecule has 2 aromatic rings. The van der Waals surface area contributed by atoms with E-state index in [1.165, 1.54) is 12.1 Å². The van der Waals surface area contributed by atoms with Crippen LogP contribution in [-0.2, 0) is 4.79 Å². The summed E-state index contributed by atoms with van der Waals surface area (Å²) < 4.78 is 14.8. The number of carbonyl (C=O) groups excluding carboxylic acids is 1. The number of aryl methyl sites for hydroxylation is 1. The molecule has 5 heteroatoms. The van der Waals surface area contributed by atoms with E-state index < -0.39 is 11.7 Å². The first-order chi connectivity index (χ1) is 13.6. The van der Waals surface area contributed by atoms with Gasteiger partial charge in [0, 0.05) is 29.5 Å². The molecule has 1 aliphatic heterocycles. The summed E-state index contributed by atoms with van der Waals surface area (Å²) in [6.45, 7) is 8.35. The van der Waals surface area contributed by atoms with E-state index in [0.29, 0.717) is 5.69 Å². The van der Waals surface area contributed by atoms with Crippen LogP contribution in [0.5, 0.6) is 0 Å². The lowest BCUT2D eigenvalue weighted by atomic mass is 9.80. The van der Waals surface area contributed by atoms with Crippen LogP contribution in [-0.4, -0.2) is 18.5 Å². The number of nitrogens with zero attached hydrogens (tertiary/aromatic N) is 2. The van der Waals surface area contributed by atoms with Crippen molar-refractivity contribution in [3.8, 4) is 6.07 Å². The molecule has 4 nitrogen and oxygen atoms in total. The molecule has 1 aliphatic rings. The quantitative estimate of drug-likeness (QED) is 0.563. The van der Waals surface area contributed by atoms with Crippen molar-refractivity contribution >= 4 is 23.4 Å². The number of amides is 1. The lowest BCUT2D eigenvalue weighted by Gasteiger charge is -2.45. The predicted molar refractivity (Wildman–Crippen MR) is 115 cm³/mol. The number of nitriles is 1. The molecule has 0 radical (unpaired) electrons. The molecule has 0 aromatic heterocycles. The third kappa shape index (κ3) is 4.17. The molecule has 1 amide bonds. The summed E-state index contributed by atoms with van der Waals surface area (Å²) in [6, 6.07) is 12.4. The van der Waals surface area contributed by atoms with E-state index in [-0.39, 0.29) is 22.6 Å². The van der Waals surface area contributed by atoms with Gasteiger partial charge in [0.25, 0.3) is 5.91 Å². The minimum absolute atomic E-state index is 0.0675. The van der Waals surface area contributed by atoms with Crippen molar-refractivity contribution in [2.24, 2.45) is 0 Å². The number of nitrogens with one attached hydrogen (secondary N) is 1. The zero-order chi connectivity index (χ0) is 21.3. The van der Waals surface area contributed by atoms with Crippen LogP contribution in [0.2, 0.25) is 0 Å². The molecule has 0 saturated carbocycles. The number of anilines is 2. The smallest absolute Gasteiger partial charge is 0.266 e. The van der Waals surface area contributed by atoms with Gasteiger partial charge in [-0.15, -0.1) is 0 Å². The Morgan fingerprint density at radius 2 is 1.97 bits per heavy atom. The monoisotopic (exact) mass is 391 g/mol. The molecule has 0 bridgehead atoms. The summed E-state index contributed by atoms with van der Waals surface area (Å²) in [5.74, 6) is -0.757. The van der Waals surface area contributed by atoms with Gasteiger partial charge in [-0.05, 0) is 69.0 Å². The van der Waals surface area contributed by atoms with Crippen LogP contribution in [0.3, 0.4) is 0 Å². The molecule has 0 aliphatic carbocycles. The number of fused-ring (bicyclic) bond motifs is 1. The molecule has 1 unspecified atom stereocenters. The Bertz CT molecular complexity index is 1020. The highest BCUT2D eigenvalue weighted by molar-refractivity contribution is 6.09. The minimum Gasteiger partial charge on any atom is -0.369 e. The summed E-state index contributed by atoms with van der Waals surface area (Å²) in [4.78, 5) is 14.6. The summed E-state index contributed by atoms with van der Waals surface area (Å²) in [5.41, 5.74) is 3.58. The lowest BCUT2D eigenvalue weighted by molar-refractivity contribution is -0.112. The fourth-order valence-corrected chi connectivity index (χ4v) is 3.85. The molecule has 0 spiro atoms. The second-order valence-electron chi connectivity index (χ2n) is 8.40. The van der Waals surface area contributed by atoms with Crippen LogP contribution in [0.15, 0.2) is 42.0 Å². The highest BCUT2D eigenvalue weighted by Gasteiger charge is 2.34. The largest absolute Gasteiger partial charge is 0.369 e. The average molecular weight is 391 g/mol. The highest BCUT2D eigenvalue weighted by Crippen LogP contribution is 2.43. The van der Waals surface area contributed by atoms with E-state index in [4.69, 9.17) is 0 Å². The van der Waals surface area contributed by atoms with Gasteiger partial charge >= 0.3 is 0 Å². The lowest BCUT2D eigenvalue weighted by Crippen LogP contribution is -2.45. The number of rotatable bonds is 3. The summed E-state index contributed by atoms with van der Waals surface area (Å²) in [6.07, 6.45) is 2.26. The molecule has 0 fully saturated rings. The van der Waals surface area contributed by atoms with Crippen LogP contribution in [0.25, 0.3) is 6.08 Å². The third-order valence-electron chi connectivity index (χ3n) is 5.73. The minimum atomic E-state index is -0.556. The third-order valence-corrected chi connectivity index (χ3v) is 5.73. The van der Waals surface area contributed by atoms with E-state index in [1.54, 1.807) is 18.2 Å². The Morgan fingerprint density at radius 3 is 2.59 bits per heavy atom. The molecule has 1 N–H and O–H groups in total. The number of carbonyl (C=O) groups is 1. The van der Waals surface area contributed by atoms with Crippen LogP contribution in [0.4, 0.5) is 15.8 Å². The van der Waals surface area contributed by atoms with E-state index in [1.807, 2.05) is 32.2 Å². The molecule has 2 aromatic carbocycles. The second kappa shape index (κ2) is 7.71. The topological polar surface area (TPSA) is 56.1 Å². The van der Waals surface area contributed by atoms with Gasteiger partial charge in [0.15, 0.2) is 0 Å². The van der Waals surface area contributed by atoms with E-state index >= 15 is 0 Å².